The van der Waals surface area contributed by atoms with Crippen molar-refractivity contribution in [3.05, 3.63) is 58.0 Å². The largest absolute Gasteiger partial charge is 0.324 e. The van der Waals surface area contributed by atoms with E-state index in [4.69, 9.17) is 11.6 Å². The Labute approximate surface area is 142 Å². The van der Waals surface area contributed by atoms with Crippen molar-refractivity contribution >= 4 is 50.7 Å². The molecule has 22 heavy (non-hydrogen) atoms. The Bertz CT molecular complexity index is 706. The highest BCUT2D eigenvalue weighted by Crippen LogP contribution is 2.20. The molecule has 0 aliphatic rings. The quantitative estimate of drug-likeness (QED) is 0.867. The van der Waals surface area contributed by atoms with Gasteiger partial charge in [-0.1, -0.05) is 39.7 Å². The molecule has 1 N–H and O–H groups in total. The zero-order valence-electron chi connectivity index (χ0n) is 11.8. The van der Waals surface area contributed by atoms with E-state index in [2.05, 4.69) is 21.2 Å². The van der Waals surface area contributed by atoms with E-state index in [1.54, 1.807) is 36.4 Å². The van der Waals surface area contributed by atoms with Crippen molar-refractivity contribution in [2.75, 3.05) is 16.8 Å². The third kappa shape index (κ3) is 4.58. The minimum Gasteiger partial charge on any atom is -0.324 e. The van der Waals surface area contributed by atoms with E-state index in [1.807, 2.05) is 12.1 Å². The molecular formula is C16H14BrClN2O2. The van der Waals surface area contributed by atoms with Crippen LogP contribution in [0.1, 0.15) is 6.92 Å². The molecule has 0 fully saturated rings. The Morgan fingerprint density at radius 2 is 1.91 bits per heavy atom. The van der Waals surface area contributed by atoms with Crippen LogP contribution in [-0.4, -0.2) is 18.4 Å². The number of carbonyl (C=O) groups excluding carboxylic acids is 2. The fourth-order valence-electron chi connectivity index (χ4n) is 1.94. The van der Waals surface area contributed by atoms with E-state index >= 15 is 0 Å². The first-order valence-electron chi connectivity index (χ1n) is 6.55. The molecule has 0 aliphatic heterocycles. The summed E-state index contributed by atoms with van der Waals surface area (Å²) < 4.78 is 0.839. The zero-order chi connectivity index (χ0) is 16.1. The fraction of sp³-hybridized carbons (Fsp3) is 0.125. The summed E-state index contributed by atoms with van der Waals surface area (Å²) in [6.07, 6.45) is 0. The minimum absolute atomic E-state index is 0.0711. The van der Waals surface area contributed by atoms with E-state index in [0.29, 0.717) is 16.4 Å². The summed E-state index contributed by atoms with van der Waals surface area (Å²) >= 11 is 9.23. The van der Waals surface area contributed by atoms with Crippen LogP contribution in [0, 0.1) is 0 Å². The Kier molecular flexibility index (Phi) is 5.57. The van der Waals surface area contributed by atoms with Crippen molar-refractivity contribution in [2.24, 2.45) is 0 Å². The third-order valence-corrected chi connectivity index (χ3v) is 3.64. The maximum atomic E-state index is 12.1. The van der Waals surface area contributed by atoms with Gasteiger partial charge in [0.15, 0.2) is 0 Å². The van der Waals surface area contributed by atoms with Gasteiger partial charge in [0.25, 0.3) is 0 Å². The van der Waals surface area contributed by atoms with Gasteiger partial charge in [0, 0.05) is 27.8 Å². The second kappa shape index (κ2) is 7.42. The number of benzene rings is 2. The van der Waals surface area contributed by atoms with Crippen molar-refractivity contribution in [2.45, 2.75) is 6.92 Å². The highest BCUT2D eigenvalue weighted by Gasteiger charge is 2.16. The fourth-order valence-corrected chi connectivity index (χ4v) is 2.52. The van der Waals surface area contributed by atoms with Crippen LogP contribution in [0.15, 0.2) is 53.0 Å². The zero-order valence-corrected chi connectivity index (χ0v) is 14.2. The molecule has 0 saturated heterocycles. The highest BCUT2D eigenvalue weighted by molar-refractivity contribution is 9.10. The van der Waals surface area contributed by atoms with Gasteiger partial charge >= 0.3 is 0 Å². The van der Waals surface area contributed by atoms with E-state index in [1.165, 1.54) is 11.8 Å². The van der Waals surface area contributed by atoms with Crippen LogP contribution in [0.2, 0.25) is 5.02 Å². The van der Waals surface area contributed by atoms with E-state index in [0.717, 1.165) is 4.47 Å². The summed E-state index contributed by atoms with van der Waals surface area (Å²) in [5.41, 5.74) is 1.25. The predicted octanol–water partition coefficient (Wildman–Crippen LogP) is 4.09. The molecule has 0 spiro atoms. The number of carbonyl (C=O) groups is 2. The summed E-state index contributed by atoms with van der Waals surface area (Å²) in [6, 6.07) is 14.1. The third-order valence-electron chi connectivity index (χ3n) is 2.91. The number of anilines is 2. The van der Waals surface area contributed by atoms with Crippen LogP contribution >= 0.6 is 27.5 Å². The van der Waals surface area contributed by atoms with Gasteiger partial charge in [-0.25, -0.2) is 0 Å². The van der Waals surface area contributed by atoms with Gasteiger partial charge in [-0.3, -0.25) is 9.59 Å². The van der Waals surface area contributed by atoms with Crippen LogP contribution in [-0.2, 0) is 9.59 Å². The van der Waals surface area contributed by atoms with E-state index < -0.39 is 0 Å². The van der Waals surface area contributed by atoms with E-state index in [9.17, 15) is 9.59 Å². The molecule has 0 atom stereocenters. The van der Waals surface area contributed by atoms with Gasteiger partial charge in [-0.2, -0.15) is 0 Å². The first-order chi connectivity index (χ1) is 10.5. The number of hydrogen-bond acceptors (Lipinski definition) is 2. The van der Waals surface area contributed by atoms with Crippen molar-refractivity contribution in [1.82, 2.24) is 0 Å². The molecular weight excluding hydrogens is 368 g/mol. The van der Waals surface area contributed by atoms with Crippen LogP contribution in [0.3, 0.4) is 0 Å². The highest BCUT2D eigenvalue weighted by atomic mass is 79.9. The molecule has 0 bridgehead atoms. The molecule has 0 heterocycles. The molecule has 6 heteroatoms. The smallest absolute Gasteiger partial charge is 0.244 e. The Balaban J connectivity index is 2.11. The molecule has 0 saturated carbocycles. The lowest BCUT2D eigenvalue weighted by Gasteiger charge is -2.21. The minimum atomic E-state index is -0.294. The Morgan fingerprint density at radius 3 is 2.55 bits per heavy atom. The molecule has 4 nitrogen and oxygen atoms in total. The molecule has 0 aliphatic carbocycles. The number of hydrogen-bond donors (Lipinski definition) is 1. The number of nitrogens with one attached hydrogen (secondary N) is 1. The maximum absolute atomic E-state index is 12.1. The summed E-state index contributed by atoms with van der Waals surface area (Å²) in [5.74, 6) is -0.503. The summed E-state index contributed by atoms with van der Waals surface area (Å²) in [6.45, 7) is 1.35. The van der Waals surface area contributed by atoms with Gasteiger partial charge in [0.05, 0.1) is 0 Å². The van der Waals surface area contributed by atoms with Crippen LogP contribution in [0.5, 0.6) is 0 Å². The first-order valence-corrected chi connectivity index (χ1v) is 7.72. The SMILES string of the molecule is CC(=O)N(CC(=O)Nc1cccc(Cl)c1)c1cccc(Br)c1. The van der Waals surface area contributed by atoms with Crippen molar-refractivity contribution in [1.29, 1.82) is 0 Å². The van der Waals surface area contributed by atoms with Crippen LogP contribution in [0.4, 0.5) is 11.4 Å². The molecule has 0 radical (unpaired) electrons. The molecule has 2 aromatic rings. The van der Waals surface area contributed by atoms with Gasteiger partial charge in [0.1, 0.15) is 6.54 Å². The molecule has 114 valence electrons. The standard InChI is InChI=1S/C16H14BrClN2O2/c1-11(21)20(15-7-2-4-12(17)8-15)10-16(22)19-14-6-3-5-13(18)9-14/h2-9H,10H2,1H3,(H,19,22). The first kappa shape index (κ1) is 16.5. The molecule has 2 amide bonds. The number of nitrogens with zero attached hydrogens (tertiary/aromatic N) is 1. The molecule has 0 aromatic heterocycles. The number of halogens is 2. The lowest BCUT2D eigenvalue weighted by atomic mass is 10.2. The Morgan fingerprint density at radius 1 is 1.18 bits per heavy atom. The predicted molar refractivity (Wildman–Crippen MR) is 92.3 cm³/mol. The normalized spacial score (nSPS) is 10.1. The number of rotatable bonds is 4. The lowest BCUT2D eigenvalue weighted by molar-refractivity contribution is -0.120. The van der Waals surface area contributed by atoms with Gasteiger partial charge < -0.3 is 10.2 Å². The summed E-state index contributed by atoms with van der Waals surface area (Å²) in [5, 5.41) is 3.26. The van der Waals surface area contributed by atoms with E-state index in [-0.39, 0.29) is 18.4 Å². The number of amides is 2. The topological polar surface area (TPSA) is 49.4 Å². The summed E-state index contributed by atoms with van der Waals surface area (Å²) in [4.78, 5) is 25.4. The summed E-state index contributed by atoms with van der Waals surface area (Å²) in [7, 11) is 0. The van der Waals surface area contributed by atoms with Gasteiger partial charge in [0.2, 0.25) is 11.8 Å². The lowest BCUT2D eigenvalue weighted by Crippen LogP contribution is -2.36. The maximum Gasteiger partial charge on any atom is 0.244 e. The van der Waals surface area contributed by atoms with Gasteiger partial charge in [-0.15, -0.1) is 0 Å². The molecule has 2 rings (SSSR count). The van der Waals surface area contributed by atoms with Crippen LogP contribution < -0.4 is 10.2 Å². The van der Waals surface area contributed by atoms with Crippen molar-refractivity contribution < 1.29 is 9.59 Å². The Hall–Kier alpha value is -1.85. The molecule has 0 unspecified atom stereocenters. The molecule has 2 aromatic carbocycles. The monoisotopic (exact) mass is 380 g/mol. The van der Waals surface area contributed by atoms with Gasteiger partial charge in [-0.05, 0) is 36.4 Å². The van der Waals surface area contributed by atoms with Crippen molar-refractivity contribution in [3.63, 3.8) is 0 Å². The average molecular weight is 382 g/mol. The second-order valence-corrected chi connectivity index (χ2v) is 6.00. The average Bonchev–Trinajstić information content (AvgIpc) is 2.44. The second-order valence-electron chi connectivity index (χ2n) is 4.64. The van der Waals surface area contributed by atoms with Crippen molar-refractivity contribution in [3.8, 4) is 0 Å². The van der Waals surface area contributed by atoms with Crippen LogP contribution in [0.25, 0.3) is 0 Å².